The fourth-order valence-electron chi connectivity index (χ4n) is 3.63. The van der Waals surface area contributed by atoms with E-state index in [9.17, 15) is 4.79 Å². The molecule has 1 aliphatic heterocycles. The van der Waals surface area contributed by atoms with Gasteiger partial charge in [-0.1, -0.05) is 6.07 Å². The molecule has 1 N–H and O–H groups in total. The molecule has 0 radical (unpaired) electrons. The van der Waals surface area contributed by atoms with Crippen molar-refractivity contribution in [2.75, 3.05) is 13.2 Å². The topological polar surface area (TPSA) is 82.2 Å². The van der Waals surface area contributed by atoms with E-state index in [1.54, 1.807) is 12.3 Å². The van der Waals surface area contributed by atoms with Crippen LogP contribution in [0.5, 0.6) is 0 Å². The van der Waals surface area contributed by atoms with Gasteiger partial charge in [-0.3, -0.25) is 14.5 Å². The van der Waals surface area contributed by atoms with E-state index >= 15 is 0 Å². The van der Waals surface area contributed by atoms with Crippen LogP contribution >= 0.6 is 15.9 Å². The Kier molecular flexibility index (Phi) is 4.81. The van der Waals surface area contributed by atoms with E-state index in [-0.39, 0.29) is 17.8 Å². The molecule has 0 unspecified atom stereocenters. The van der Waals surface area contributed by atoms with Gasteiger partial charge in [0.1, 0.15) is 11.1 Å². The summed E-state index contributed by atoms with van der Waals surface area (Å²) >= 11 is 3.59. The van der Waals surface area contributed by atoms with Gasteiger partial charge in [0.25, 0.3) is 5.91 Å². The van der Waals surface area contributed by atoms with Gasteiger partial charge in [-0.05, 0) is 53.0 Å². The van der Waals surface area contributed by atoms with E-state index in [2.05, 4.69) is 26.2 Å². The Bertz CT molecular complexity index is 1180. The molecular weight excluding hydrogens is 436 g/mol. The number of ether oxygens (including phenoxy) is 1. The molecule has 1 amide bonds. The second kappa shape index (κ2) is 7.61. The number of nitrogens with zero attached hydrogens (tertiary/aromatic N) is 3. The Morgan fingerprint density at radius 1 is 1.31 bits per heavy atom. The molecule has 0 saturated carbocycles. The molecule has 1 atom stereocenters. The van der Waals surface area contributed by atoms with Crippen LogP contribution in [0.15, 0.2) is 51.6 Å². The molecule has 1 saturated heterocycles. The molecule has 5 rings (SSSR count). The first kappa shape index (κ1) is 18.3. The lowest BCUT2D eigenvalue weighted by Gasteiger charge is -2.09. The predicted octanol–water partition coefficient (Wildman–Crippen LogP) is 3.90. The third-order valence-corrected chi connectivity index (χ3v) is 5.74. The molecule has 1 aliphatic rings. The lowest BCUT2D eigenvalue weighted by Crippen LogP contribution is -2.31. The van der Waals surface area contributed by atoms with Crippen LogP contribution in [0.4, 0.5) is 0 Å². The molecule has 3 aromatic heterocycles. The number of halogens is 1. The Morgan fingerprint density at radius 2 is 2.24 bits per heavy atom. The first-order chi connectivity index (χ1) is 14.2. The molecule has 4 heterocycles. The van der Waals surface area contributed by atoms with Gasteiger partial charge in [0, 0.05) is 40.8 Å². The first-order valence-electron chi connectivity index (χ1n) is 9.56. The van der Waals surface area contributed by atoms with E-state index < -0.39 is 0 Å². The molecule has 1 fully saturated rings. The quantitative estimate of drug-likeness (QED) is 0.494. The Balaban J connectivity index is 1.45. The van der Waals surface area contributed by atoms with Crippen molar-refractivity contribution < 1.29 is 13.9 Å². The zero-order chi connectivity index (χ0) is 19.8. The van der Waals surface area contributed by atoms with Crippen molar-refractivity contribution in [1.29, 1.82) is 0 Å². The minimum Gasteiger partial charge on any atom is -0.451 e. The highest BCUT2D eigenvalue weighted by Crippen LogP contribution is 2.33. The maximum Gasteiger partial charge on any atom is 0.287 e. The molecule has 148 valence electrons. The number of amides is 1. The summed E-state index contributed by atoms with van der Waals surface area (Å²) in [7, 11) is 0. The number of hydrogen-bond acceptors (Lipinski definition) is 5. The summed E-state index contributed by atoms with van der Waals surface area (Å²) in [6, 6.07) is 9.44. The summed E-state index contributed by atoms with van der Waals surface area (Å²) in [6.07, 6.45) is 5.84. The second-order valence-electron chi connectivity index (χ2n) is 7.14. The van der Waals surface area contributed by atoms with Crippen molar-refractivity contribution in [1.82, 2.24) is 20.1 Å². The Hall–Kier alpha value is -2.71. The highest BCUT2D eigenvalue weighted by Gasteiger charge is 2.20. The highest BCUT2D eigenvalue weighted by atomic mass is 79.9. The normalized spacial score (nSPS) is 16.7. The molecular formula is C21H19BrN4O3. The molecule has 7 nitrogen and oxygen atoms in total. The summed E-state index contributed by atoms with van der Waals surface area (Å²) < 4.78 is 14.1. The third-order valence-electron chi connectivity index (χ3n) is 5.08. The van der Waals surface area contributed by atoms with Gasteiger partial charge in [-0.25, -0.2) is 0 Å². The van der Waals surface area contributed by atoms with Crippen LogP contribution in [-0.2, 0) is 11.3 Å². The van der Waals surface area contributed by atoms with Gasteiger partial charge in [0.05, 0.1) is 18.3 Å². The van der Waals surface area contributed by atoms with Crippen molar-refractivity contribution >= 4 is 43.7 Å². The number of furan rings is 1. The maximum absolute atomic E-state index is 12.5. The zero-order valence-electron chi connectivity index (χ0n) is 15.6. The molecule has 8 heteroatoms. The zero-order valence-corrected chi connectivity index (χ0v) is 17.2. The monoisotopic (exact) mass is 454 g/mol. The lowest BCUT2D eigenvalue weighted by molar-refractivity contribution is 0.0837. The fraction of sp³-hybridized carbons (Fsp3) is 0.286. The third kappa shape index (κ3) is 3.65. The number of benzene rings is 1. The van der Waals surface area contributed by atoms with E-state index in [0.29, 0.717) is 18.7 Å². The molecule has 0 aliphatic carbocycles. The SMILES string of the molecule is O=C(NC[C@@H]1CCCO1)c1cc2c(cc(Br)c3cn(Cc4ccccn4)nc32)o1. The summed E-state index contributed by atoms with van der Waals surface area (Å²) in [4.78, 5) is 16.9. The van der Waals surface area contributed by atoms with Crippen molar-refractivity contribution in [2.45, 2.75) is 25.5 Å². The molecule has 4 aromatic rings. The van der Waals surface area contributed by atoms with Gasteiger partial charge in [-0.15, -0.1) is 0 Å². The van der Waals surface area contributed by atoms with E-state index in [0.717, 1.165) is 45.9 Å². The highest BCUT2D eigenvalue weighted by molar-refractivity contribution is 9.10. The smallest absolute Gasteiger partial charge is 0.287 e. The van der Waals surface area contributed by atoms with Gasteiger partial charge in [0.15, 0.2) is 5.76 Å². The molecule has 1 aromatic carbocycles. The van der Waals surface area contributed by atoms with Crippen molar-refractivity contribution in [3.63, 3.8) is 0 Å². The number of hydrogen-bond donors (Lipinski definition) is 1. The minimum absolute atomic E-state index is 0.0893. The number of carbonyl (C=O) groups is 1. The Morgan fingerprint density at radius 3 is 3.03 bits per heavy atom. The number of aromatic nitrogens is 3. The lowest BCUT2D eigenvalue weighted by atomic mass is 10.2. The number of pyridine rings is 1. The van der Waals surface area contributed by atoms with Gasteiger partial charge < -0.3 is 14.5 Å². The summed E-state index contributed by atoms with van der Waals surface area (Å²) in [6.45, 7) is 1.82. The van der Waals surface area contributed by atoms with Gasteiger partial charge in [-0.2, -0.15) is 5.10 Å². The summed E-state index contributed by atoms with van der Waals surface area (Å²) in [5, 5.41) is 9.38. The largest absolute Gasteiger partial charge is 0.451 e. The maximum atomic E-state index is 12.5. The van der Waals surface area contributed by atoms with E-state index in [4.69, 9.17) is 14.3 Å². The number of rotatable bonds is 5. The van der Waals surface area contributed by atoms with Crippen LogP contribution < -0.4 is 5.32 Å². The average Bonchev–Trinajstić information content (AvgIpc) is 3.46. The fourth-order valence-corrected chi connectivity index (χ4v) is 4.13. The van der Waals surface area contributed by atoms with Crippen LogP contribution in [0.25, 0.3) is 21.9 Å². The first-order valence-corrected chi connectivity index (χ1v) is 10.4. The number of carbonyl (C=O) groups excluding carboxylic acids is 1. The van der Waals surface area contributed by atoms with Crippen LogP contribution in [0.3, 0.4) is 0 Å². The molecule has 0 bridgehead atoms. The van der Waals surface area contributed by atoms with Crippen LogP contribution in [0, 0.1) is 0 Å². The average molecular weight is 455 g/mol. The minimum atomic E-state index is -0.242. The Labute approximate surface area is 175 Å². The van der Waals surface area contributed by atoms with E-state index in [1.165, 1.54) is 0 Å². The van der Waals surface area contributed by atoms with Gasteiger partial charge >= 0.3 is 0 Å². The van der Waals surface area contributed by atoms with E-state index in [1.807, 2.05) is 35.1 Å². The van der Waals surface area contributed by atoms with Crippen LogP contribution in [0.1, 0.15) is 29.1 Å². The summed E-state index contributed by atoms with van der Waals surface area (Å²) in [5.41, 5.74) is 2.33. The standard InChI is InChI=1S/C21H19BrN4O3/c22-17-9-18-15(8-19(29-18)21(27)24-10-14-5-3-7-28-14)20-16(17)12-26(25-20)11-13-4-1-2-6-23-13/h1-2,4,6,8-9,12,14H,3,5,7,10-11H2,(H,24,27)/t14-/m0/s1. The number of fused-ring (bicyclic) bond motifs is 3. The predicted molar refractivity (Wildman–Crippen MR) is 112 cm³/mol. The van der Waals surface area contributed by atoms with Crippen molar-refractivity contribution in [2.24, 2.45) is 0 Å². The number of nitrogens with one attached hydrogen (secondary N) is 1. The van der Waals surface area contributed by atoms with Crippen molar-refractivity contribution in [3.05, 3.63) is 58.7 Å². The van der Waals surface area contributed by atoms with Crippen molar-refractivity contribution in [3.8, 4) is 0 Å². The summed E-state index contributed by atoms with van der Waals surface area (Å²) in [5.74, 6) is 0.0329. The molecule has 29 heavy (non-hydrogen) atoms. The molecule has 0 spiro atoms. The van der Waals surface area contributed by atoms with Gasteiger partial charge in [0.2, 0.25) is 0 Å². The van der Waals surface area contributed by atoms with Crippen LogP contribution in [0.2, 0.25) is 0 Å². The van der Waals surface area contributed by atoms with Crippen LogP contribution in [-0.4, -0.2) is 39.9 Å². The second-order valence-corrected chi connectivity index (χ2v) is 7.99.